The topological polar surface area (TPSA) is 70.9 Å². The Labute approximate surface area is 262 Å². The molecule has 0 radical (unpaired) electrons. The molecule has 0 aliphatic carbocycles. The second-order valence-electron chi connectivity index (χ2n) is 10.7. The number of methoxy groups -OCH3 is 1. The lowest BCUT2D eigenvalue weighted by atomic mass is 10.0. The molecule has 0 bridgehead atoms. The van der Waals surface area contributed by atoms with Crippen molar-refractivity contribution in [3.8, 4) is 17.6 Å². The third-order valence-corrected chi connectivity index (χ3v) is 7.95. The van der Waals surface area contributed by atoms with Gasteiger partial charge in [-0.1, -0.05) is 12.0 Å². The number of β-amino-alcohol motifs (C(OH)–C–C–N with tert-alkyl or cyclic N) is 1. The van der Waals surface area contributed by atoms with Gasteiger partial charge in [0.2, 0.25) is 0 Å². The highest BCUT2D eigenvalue weighted by atomic mass is 32.2. The summed E-state index contributed by atoms with van der Waals surface area (Å²) in [6.45, 7) is -0.442. The van der Waals surface area contributed by atoms with E-state index in [2.05, 4.69) is 27.4 Å². The zero-order valence-corrected chi connectivity index (χ0v) is 25.7. The zero-order chi connectivity index (χ0) is 32.6. The number of ether oxygens (including phenoxy) is 2. The van der Waals surface area contributed by atoms with Crippen molar-refractivity contribution in [3.63, 3.8) is 0 Å². The number of aromatic nitrogens is 1. The Bertz CT molecular complexity index is 1480. The van der Waals surface area contributed by atoms with E-state index in [1.54, 1.807) is 36.6 Å². The summed E-state index contributed by atoms with van der Waals surface area (Å²) in [6, 6.07) is 11.6. The Hall–Kier alpha value is -3.25. The van der Waals surface area contributed by atoms with Gasteiger partial charge in [0.15, 0.2) is 6.61 Å². The highest BCUT2D eigenvalue weighted by Gasteiger charge is 2.31. The number of halogens is 6. The van der Waals surface area contributed by atoms with Crippen LogP contribution >= 0.6 is 11.8 Å². The number of fused-ring (bicyclic) bond motifs is 1. The predicted molar refractivity (Wildman–Crippen MR) is 164 cm³/mol. The monoisotopic (exact) mass is 658 g/mol. The van der Waals surface area contributed by atoms with E-state index >= 15 is 0 Å². The number of aliphatic hydroxyl groups is 1. The van der Waals surface area contributed by atoms with Crippen molar-refractivity contribution in [1.29, 1.82) is 0 Å². The first-order valence-corrected chi connectivity index (χ1v) is 15.5. The summed E-state index contributed by atoms with van der Waals surface area (Å²) < 4.78 is 90.2. The van der Waals surface area contributed by atoms with E-state index < -0.39 is 31.6 Å². The number of rotatable bonds is 12. The van der Waals surface area contributed by atoms with Gasteiger partial charge in [0.1, 0.15) is 12.3 Å². The number of likely N-dealkylation sites (tertiary alicyclic amines) is 1. The molecular formula is C31H36F6N4O3S. The molecule has 246 valence electrons. The number of aliphatic hydroxyl groups excluding tert-OH is 1. The summed E-state index contributed by atoms with van der Waals surface area (Å²) in [4.78, 5) is 2.86. The molecule has 0 amide bonds. The molecule has 2 heterocycles. The Morgan fingerprint density at radius 1 is 1.04 bits per heavy atom. The fourth-order valence-corrected chi connectivity index (χ4v) is 5.64. The predicted octanol–water partition coefficient (Wildman–Crippen LogP) is 6.21. The molecule has 1 aromatic heterocycles. The van der Waals surface area contributed by atoms with E-state index in [-0.39, 0.29) is 36.3 Å². The molecule has 4 rings (SSSR count). The van der Waals surface area contributed by atoms with Crippen LogP contribution in [0.5, 0.6) is 5.75 Å². The molecule has 1 unspecified atom stereocenters. The van der Waals surface area contributed by atoms with Gasteiger partial charge in [-0.2, -0.15) is 26.3 Å². The lowest BCUT2D eigenvalue weighted by Gasteiger charge is -2.34. The van der Waals surface area contributed by atoms with E-state index in [9.17, 15) is 31.4 Å². The molecule has 1 fully saturated rings. The Morgan fingerprint density at radius 3 is 2.47 bits per heavy atom. The number of nitrogens with one attached hydrogen (secondary N) is 2. The number of alkyl halides is 6. The quantitative estimate of drug-likeness (QED) is 0.121. The number of anilines is 2. The Morgan fingerprint density at radius 2 is 1.80 bits per heavy atom. The van der Waals surface area contributed by atoms with Crippen LogP contribution in [0.15, 0.2) is 47.4 Å². The van der Waals surface area contributed by atoms with E-state index in [1.165, 1.54) is 24.9 Å². The second kappa shape index (κ2) is 15.4. The molecule has 7 nitrogen and oxygen atoms in total. The van der Waals surface area contributed by atoms with Crippen LogP contribution in [-0.4, -0.2) is 91.8 Å². The molecule has 0 saturated carbocycles. The van der Waals surface area contributed by atoms with Crippen LogP contribution < -0.4 is 15.4 Å². The van der Waals surface area contributed by atoms with Gasteiger partial charge in [0.25, 0.3) is 0 Å². The van der Waals surface area contributed by atoms with Crippen LogP contribution in [0.1, 0.15) is 18.5 Å². The summed E-state index contributed by atoms with van der Waals surface area (Å²) in [5.74, 6) is 5.62. The highest BCUT2D eigenvalue weighted by Crippen LogP contribution is 2.33. The summed E-state index contributed by atoms with van der Waals surface area (Å²) in [5, 5.41) is 17.0. The molecule has 1 saturated heterocycles. The average molecular weight is 659 g/mol. The van der Waals surface area contributed by atoms with E-state index in [0.29, 0.717) is 28.0 Å². The second-order valence-corrected chi connectivity index (χ2v) is 11.6. The van der Waals surface area contributed by atoms with Crippen molar-refractivity contribution in [2.75, 3.05) is 63.4 Å². The molecule has 45 heavy (non-hydrogen) atoms. The standard InChI is InChI=1S/C31H36F6N4O3S/c1-43-18-23(42)17-40-13-10-21(11-14-40)39-26-6-3-7-28-25(26)15-22(41(28)19-30(32,33)34)5-4-12-38-27-9-8-24(45-2)16-29(27)44-20-31(35,36)37/h3,6-9,15-16,21,23,38-39,42H,10-14,17-20H2,1-2H3. The van der Waals surface area contributed by atoms with Crippen LogP contribution in [0.4, 0.5) is 37.7 Å². The molecule has 14 heteroatoms. The van der Waals surface area contributed by atoms with E-state index in [0.717, 1.165) is 30.5 Å². The van der Waals surface area contributed by atoms with Gasteiger partial charge in [-0.15, -0.1) is 11.8 Å². The van der Waals surface area contributed by atoms with Crippen molar-refractivity contribution < 1.29 is 40.9 Å². The first-order valence-electron chi connectivity index (χ1n) is 14.3. The fraction of sp³-hybridized carbons (Fsp3) is 0.484. The molecule has 0 spiro atoms. The van der Waals surface area contributed by atoms with Crippen LogP contribution in [0.2, 0.25) is 0 Å². The first-order chi connectivity index (χ1) is 21.3. The highest BCUT2D eigenvalue weighted by molar-refractivity contribution is 7.98. The third kappa shape index (κ3) is 10.4. The summed E-state index contributed by atoms with van der Waals surface area (Å²) in [7, 11) is 1.54. The van der Waals surface area contributed by atoms with Crippen molar-refractivity contribution in [1.82, 2.24) is 9.47 Å². The molecule has 1 atom stereocenters. The van der Waals surface area contributed by atoms with Crippen LogP contribution in [0.25, 0.3) is 10.9 Å². The van der Waals surface area contributed by atoms with Gasteiger partial charge in [0.05, 0.1) is 36.2 Å². The van der Waals surface area contributed by atoms with Gasteiger partial charge in [0, 0.05) is 48.8 Å². The normalized spacial score (nSPS) is 15.5. The maximum Gasteiger partial charge on any atom is 0.422 e. The lowest BCUT2D eigenvalue weighted by molar-refractivity contribution is -0.153. The number of piperidine rings is 1. The number of hydrogen-bond acceptors (Lipinski definition) is 7. The average Bonchev–Trinajstić information content (AvgIpc) is 3.31. The largest absolute Gasteiger partial charge is 0.482 e. The van der Waals surface area contributed by atoms with Gasteiger partial charge < -0.3 is 34.7 Å². The summed E-state index contributed by atoms with van der Waals surface area (Å²) in [5.41, 5.74) is 1.53. The Kier molecular flexibility index (Phi) is 11.8. The lowest BCUT2D eigenvalue weighted by Crippen LogP contribution is -2.43. The Balaban J connectivity index is 1.50. The van der Waals surface area contributed by atoms with Crippen LogP contribution in [-0.2, 0) is 11.3 Å². The van der Waals surface area contributed by atoms with E-state index in [1.807, 2.05) is 6.07 Å². The fourth-order valence-electron chi connectivity index (χ4n) is 5.22. The number of hydrogen-bond donors (Lipinski definition) is 3. The number of thioether (sulfide) groups is 1. The molecule has 1 aliphatic rings. The number of benzene rings is 2. The minimum absolute atomic E-state index is 0.000126. The van der Waals surface area contributed by atoms with E-state index in [4.69, 9.17) is 9.47 Å². The molecule has 1 aliphatic heterocycles. The van der Waals surface area contributed by atoms with Gasteiger partial charge in [-0.3, -0.25) is 0 Å². The summed E-state index contributed by atoms with van der Waals surface area (Å²) >= 11 is 1.34. The van der Waals surface area contributed by atoms with Gasteiger partial charge >= 0.3 is 12.4 Å². The maximum atomic E-state index is 13.6. The molecule has 3 N–H and O–H groups in total. The van der Waals surface area contributed by atoms with Crippen molar-refractivity contribution in [2.45, 2.75) is 48.8 Å². The SMILES string of the molecule is COCC(O)CN1CCC(Nc2cccc3c2cc(C#CCNc2ccc(SC)cc2OCC(F)(F)F)n3CC(F)(F)F)CC1. The molecule has 3 aromatic rings. The van der Waals surface area contributed by atoms with Crippen molar-refractivity contribution in [2.24, 2.45) is 0 Å². The zero-order valence-electron chi connectivity index (χ0n) is 24.9. The first kappa shape index (κ1) is 34.6. The van der Waals surface area contributed by atoms with Crippen molar-refractivity contribution in [3.05, 3.63) is 48.2 Å². The number of nitrogens with zero attached hydrogens (tertiary/aromatic N) is 2. The molecular weight excluding hydrogens is 622 g/mol. The maximum absolute atomic E-state index is 13.6. The summed E-state index contributed by atoms with van der Waals surface area (Å²) in [6.07, 6.45) is -6.20. The van der Waals surface area contributed by atoms with Crippen molar-refractivity contribution >= 4 is 34.0 Å². The van der Waals surface area contributed by atoms with Gasteiger partial charge in [-0.25, -0.2) is 0 Å². The van der Waals surface area contributed by atoms with Crippen LogP contribution in [0, 0.1) is 11.8 Å². The van der Waals surface area contributed by atoms with Crippen LogP contribution in [0.3, 0.4) is 0 Å². The third-order valence-electron chi connectivity index (χ3n) is 7.22. The van der Waals surface area contributed by atoms with Gasteiger partial charge in [-0.05, 0) is 61.4 Å². The minimum Gasteiger partial charge on any atom is -0.482 e. The minimum atomic E-state index is -4.52. The molecule has 2 aromatic carbocycles. The smallest absolute Gasteiger partial charge is 0.422 e.